The van der Waals surface area contributed by atoms with Crippen LogP contribution in [0.25, 0.3) is 0 Å². The molecular weight excluding hydrogens is 324 g/mol. The van der Waals surface area contributed by atoms with E-state index in [0.717, 1.165) is 30.6 Å². The van der Waals surface area contributed by atoms with Gasteiger partial charge in [0.05, 0.1) is 5.41 Å². The van der Waals surface area contributed by atoms with Crippen LogP contribution in [0, 0.1) is 5.41 Å². The van der Waals surface area contributed by atoms with Crippen molar-refractivity contribution in [3.8, 4) is 0 Å². The molecule has 0 amide bonds. The molecule has 0 radical (unpaired) electrons. The van der Waals surface area contributed by atoms with E-state index in [2.05, 4.69) is 9.88 Å². The Kier molecular flexibility index (Phi) is 5.17. The summed E-state index contributed by atoms with van der Waals surface area (Å²) >= 11 is 6.06. The first-order valence-corrected chi connectivity index (χ1v) is 8.54. The number of rotatable bonds is 5. The van der Waals surface area contributed by atoms with E-state index in [9.17, 15) is 9.90 Å². The van der Waals surface area contributed by atoms with Crippen molar-refractivity contribution < 1.29 is 9.90 Å². The van der Waals surface area contributed by atoms with Crippen molar-refractivity contribution in [2.75, 3.05) is 13.1 Å². The molecule has 24 heavy (non-hydrogen) atoms. The van der Waals surface area contributed by atoms with Crippen LogP contribution in [0.15, 0.2) is 48.8 Å². The summed E-state index contributed by atoms with van der Waals surface area (Å²) in [7, 11) is 0. The van der Waals surface area contributed by atoms with Crippen LogP contribution in [0.3, 0.4) is 0 Å². The summed E-state index contributed by atoms with van der Waals surface area (Å²) in [5.41, 5.74) is 1.39. The van der Waals surface area contributed by atoms with Gasteiger partial charge in [0.2, 0.25) is 0 Å². The van der Waals surface area contributed by atoms with Crippen molar-refractivity contribution >= 4 is 17.6 Å². The molecule has 126 valence electrons. The first-order valence-electron chi connectivity index (χ1n) is 8.16. The van der Waals surface area contributed by atoms with Gasteiger partial charge in [-0.2, -0.15) is 0 Å². The maximum atomic E-state index is 12.1. The van der Waals surface area contributed by atoms with E-state index in [1.807, 2.05) is 36.4 Å². The summed E-state index contributed by atoms with van der Waals surface area (Å²) in [6.45, 7) is 2.23. The van der Waals surface area contributed by atoms with Gasteiger partial charge in [-0.25, -0.2) is 0 Å². The predicted octanol–water partition coefficient (Wildman–Crippen LogP) is 3.64. The highest BCUT2D eigenvalue weighted by Gasteiger charge is 2.42. The zero-order valence-electron chi connectivity index (χ0n) is 13.5. The smallest absolute Gasteiger partial charge is 0.311 e. The molecule has 2 heterocycles. The summed E-state index contributed by atoms with van der Waals surface area (Å²) in [5.74, 6) is -0.720. The SMILES string of the molecule is O=C(O)C1(Cc2cccc(Cl)c2)CCCN(Cc2ccncc2)C1. The molecule has 4 nitrogen and oxygen atoms in total. The molecular formula is C19H21ClN2O2. The van der Waals surface area contributed by atoms with Gasteiger partial charge >= 0.3 is 5.97 Å². The number of pyridine rings is 1. The molecule has 1 aromatic carbocycles. The van der Waals surface area contributed by atoms with Crippen LogP contribution in [-0.2, 0) is 17.8 Å². The average molecular weight is 345 g/mol. The lowest BCUT2D eigenvalue weighted by Gasteiger charge is -2.40. The Labute approximate surface area is 147 Å². The van der Waals surface area contributed by atoms with Gasteiger partial charge in [0.1, 0.15) is 0 Å². The minimum Gasteiger partial charge on any atom is -0.481 e. The third-order valence-corrected chi connectivity index (χ3v) is 4.93. The van der Waals surface area contributed by atoms with E-state index in [1.54, 1.807) is 12.4 Å². The van der Waals surface area contributed by atoms with Crippen molar-refractivity contribution in [2.45, 2.75) is 25.8 Å². The largest absolute Gasteiger partial charge is 0.481 e. The third-order valence-electron chi connectivity index (χ3n) is 4.70. The molecule has 1 N–H and O–H groups in total. The maximum absolute atomic E-state index is 12.1. The number of hydrogen-bond donors (Lipinski definition) is 1. The molecule has 1 aliphatic rings. The molecule has 5 heteroatoms. The minimum atomic E-state index is -0.754. The molecule has 3 rings (SSSR count). The van der Waals surface area contributed by atoms with Crippen molar-refractivity contribution in [1.29, 1.82) is 0 Å². The van der Waals surface area contributed by atoms with Gasteiger partial charge in [-0.05, 0) is 61.2 Å². The number of nitrogens with zero attached hydrogens (tertiary/aromatic N) is 2. The molecule has 1 saturated heterocycles. The standard InChI is InChI=1S/C19H21ClN2O2/c20-17-4-1-3-16(11-17)12-19(18(23)24)7-2-10-22(14-19)13-15-5-8-21-9-6-15/h1,3-6,8-9,11H,2,7,10,12-14H2,(H,23,24). The van der Waals surface area contributed by atoms with Crippen LogP contribution >= 0.6 is 11.6 Å². The van der Waals surface area contributed by atoms with Gasteiger partial charge in [0, 0.05) is 30.5 Å². The number of hydrogen-bond acceptors (Lipinski definition) is 3. The Bertz CT molecular complexity index is 708. The van der Waals surface area contributed by atoms with Gasteiger partial charge in [-0.3, -0.25) is 14.7 Å². The minimum absolute atomic E-state index is 0.510. The predicted molar refractivity (Wildman–Crippen MR) is 94.0 cm³/mol. The number of carboxylic acids is 1. The number of benzene rings is 1. The molecule has 1 aromatic heterocycles. The normalized spacial score (nSPS) is 21.5. The van der Waals surface area contributed by atoms with Crippen molar-refractivity contribution in [3.63, 3.8) is 0 Å². The lowest BCUT2D eigenvalue weighted by molar-refractivity contribution is -0.152. The van der Waals surface area contributed by atoms with Gasteiger partial charge in [-0.15, -0.1) is 0 Å². The average Bonchev–Trinajstić information content (AvgIpc) is 2.56. The Morgan fingerprint density at radius 3 is 2.75 bits per heavy atom. The van der Waals surface area contributed by atoms with E-state index in [-0.39, 0.29) is 0 Å². The number of piperidine rings is 1. The maximum Gasteiger partial charge on any atom is 0.311 e. The Morgan fingerprint density at radius 2 is 2.04 bits per heavy atom. The fourth-order valence-electron chi connectivity index (χ4n) is 3.54. The first kappa shape index (κ1) is 16.9. The second kappa shape index (κ2) is 7.32. The number of likely N-dealkylation sites (tertiary alicyclic amines) is 1. The number of carbonyl (C=O) groups is 1. The highest BCUT2D eigenvalue weighted by Crippen LogP contribution is 2.35. The van der Waals surface area contributed by atoms with Crippen LogP contribution in [0.1, 0.15) is 24.0 Å². The van der Waals surface area contributed by atoms with E-state index in [1.165, 1.54) is 0 Å². The fraction of sp³-hybridized carbons (Fsp3) is 0.368. The van der Waals surface area contributed by atoms with Gasteiger partial charge in [-0.1, -0.05) is 23.7 Å². The molecule has 2 aromatic rings. The fourth-order valence-corrected chi connectivity index (χ4v) is 3.75. The first-order chi connectivity index (χ1) is 11.6. The molecule has 1 fully saturated rings. The van der Waals surface area contributed by atoms with E-state index in [0.29, 0.717) is 24.4 Å². The van der Waals surface area contributed by atoms with Crippen LogP contribution in [-0.4, -0.2) is 34.0 Å². The van der Waals surface area contributed by atoms with E-state index >= 15 is 0 Å². The highest BCUT2D eigenvalue weighted by atomic mass is 35.5. The quantitative estimate of drug-likeness (QED) is 0.899. The van der Waals surface area contributed by atoms with Crippen molar-refractivity contribution in [3.05, 3.63) is 64.9 Å². The van der Waals surface area contributed by atoms with Gasteiger partial charge in [0.15, 0.2) is 0 Å². The molecule has 0 aliphatic carbocycles. The van der Waals surface area contributed by atoms with Crippen LogP contribution < -0.4 is 0 Å². The summed E-state index contributed by atoms with van der Waals surface area (Å²) in [5, 5.41) is 10.6. The van der Waals surface area contributed by atoms with Crippen LogP contribution in [0.5, 0.6) is 0 Å². The summed E-state index contributed by atoms with van der Waals surface area (Å²) < 4.78 is 0. The van der Waals surface area contributed by atoms with E-state index < -0.39 is 11.4 Å². The van der Waals surface area contributed by atoms with Crippen molar-refractivity contribution in [2.24, 2.45) is 5.41 Å². The number of carboxylic acid groups (broad SMARTS) is 1. The third kappa shape index (κ3) is 3.94. The van der Waals surface area contributed by atoms with Crippen LogP contribution in [0.4, 0.5) is 0 Å². The Balaban J connectivity index is 1.77. The molecule has 1 aliphatic heterocycles. The molecule has 0 spiro atoms. The second-order valence-electron chi connectivity index (χ2n) is 6.56. The Hall–Kier alpha value is -1.91. The number of aliphatic carboxylic acids is 1. The van der Waals surface area contributed by atoms with Crippen LogP contribution in [0.2, 0.25) is 5.02 Å². The summed E-state index contributed by atoms with van der Waals surface area (Å²) in [6, 6.07) is 11.5. The zero-order chi connectivity index (χ0) is 17.0. The van der Waals surface area contributed by atoms with Gasteiger partial charge < -0.3 is 5.11 Å². The Morgan fingerprint density at radius 1 is 1.25 bits per heavy atom. The monoisotopic (exact) mass is 344 g/mol. The molecule has 1 unspecified atom stereocenters. The number of halogens is 1. The molecule has 0 bridgehead atoms. The lowest BCUT2D eigenvalue weighted by Crippen LogP contribution is -2.48. The summed E-state index contributed by atoms with van der Waals surface area (Å²) in [6.07, 6.45) is 5.64. The second-order valence-corrected chi connectivity index (χ2v) is 7.00. The molecule has 0 saturated carbocycles. The topological polar surface area (TPSA) is 53.4 Å². The highest BCUT2D eigenvalue weighted by molar-refractivity contribution is 6.30. The molecule has 1 atom stereocenters. The zero-order valence-corrected chi connectivity index (χ0v) is 14.2. The van der Waals surface area contributed by atoms with Gasteiger partial charge in [0.25, 0.3) is 0 Å². The van der Waals surface area contributed by atoms with E-state index in [4.69, 9.17) is 11.6 Å². The van der Waals surface area contributed by atoms with Crippen molar-refractivity contribution in [1.82, 2.24) is 9.88 Å². The lowest BCUT2D eigenvalue weighted by atomic mass is 9.75. The number of aromatic nitrogens is 1. The summed E-state index contributed by atoms with van der Waals surface area (Å²) in [4.78, 5) is 18.4.